The number of amides is 1. The van der Waals surface area contributed by atoms with Crippen LogP contribution in [-0.2, 0) is 0 Å². The van der Waals surface area contributed by atoms with Crippen LogP contribution in [0.25, 0.3) is 0 Å². The zero-order valence-corrected chi connectivity index (χ0v) is 11.3. The molecule has 98 valence electrons. The van der Waals surface area contributed by atoms with E-state index < -0.39 is 0 Å². The molecule has 4 heteroatoms. The van der Waals surface area contributed by atoms with Crippen molar-refractivity contribution in [3.05, 3.63) is 29.8 Å². The highest BCUT2D eigenvalue weighted by Gasteiger charge is 2.24. The van der Waals surface area contributed by atoms with E-state index in [0.29, 0.717) is 11.5 Å². The number of carbonyl (C=O) groups is 1. The number of carbonyl (C=O) groups excluding carboxylic acids is 1. The normalized spacial score (nSPS) is 19.9. The van der Waals surface area contributed by atoms with E-state index >= 15 is 0 Å². The van der Waals surface area contributed by atoms with Gasteiger partial charge >= 0.3 is 0 Å². The molecule has 0 aliphatic carbocycles. The molecule has 0 aromatic heterocycles. The average molecular weight is 265 g/mol. The van der Waals surface area contributed by atoms with Gasteiger partial charge in [0.25, 0.3) is 5.91 Å². The molecule has 18 heavy (non-hydrogen) atoms. The maximum atomic E-state index is 12.3. The van der Waals surface area contributed by atoms with Crippen LogP contribution in [0.3, 0.4) is 0 Å². The van der Waals surface area contributed by atoms with Gasteiger partial charge in [-0.2, -0.15) is 0 Å². The van der Waals surface area contributed by atoms with Crippen molar-refractivity contribution in [1.82, 2.24) is 4.90 Å². The second-order valence-corrected chi connectivity index (χ2v) is 5.34. The third-order valence-corrected chi connectivity index (χ3v) is 3.71. The molecule has 1 saturated heterocycles. The number of aliphatic hydroxyl groups is 1. The molecule has 1 N–H and O–H groups in total. The van der Waals surface area contributed by atoms with Crippen LogP contribution in [0, 0.1) is 5.92 Å². The number of aliphatic hydroxyl groups excluding tert-OH is 1. The average Bonchev–Trinajstić information content (AvgIpc) is 2.39. The summed E-state index contributed by atoms with van der Waals surface area (Å²) >= 11 is 4.26. The first kappa shape index (κ1) is 13.4. The highest BCUT2D eigenvalue weighted by atomic mass is 32.1. The SMILES string of the molecule is O=C(c1cccc(S)c1)N1CCCC(CCO)C1. The summed E-state index contributed by atoms with van der Waals surface area (Å²) in [6.45, 7) is 1.78. The first-order chi connectivity index (χ1) is 8.70. The van der Waals surface area contributed by atoms with Crippen molar-refractivity contribution in [2.45, 2.75) is 24.2 Å². The molecular weight excluding hydrogens is 246 g/mol. The standard InChI is InChI=1S/C14H19NO2S/c16-8-6-11-3-2-7-15(10-11)14(17)12-4-1-5-13(18)9-12/h1,4-5,9,11,16,18H,2-3,6-8,10H2. The second kappa shape index (κ2) is 6.25. The van der Waals surface area contributed by atoms with Gasteiger partial charge in [-0.1, -0.05) is 6.07 Å². The summed E-state index contributed by atoms with van der Waals surface area (Å²) in [4.78, 5) is 15.0. The van der Waals surface area contributed by atoms with E-state index in [2.05, 4.69) is 12.6 Å². The Bertz CT molecular complexity index is 420. The molecule has 0 radical (unpaired) electrons. The topological polar surface area (TPSA) is 40.5 Å². The summed E-state index contributed by atoms with van der Waals surface area (Å²) in [7, 11) is 0. The molecule has 1 aromatic rings. The Labute approximate surface area is 113 Å². The van der Waals surface area contributed by atoms with Crippen molar-refractivity contribution >= 4 is 18.5 Å². The van der Waals surface area contributed by atoms with Crippen molar-refractivity contribution in [2.24, 2.45) is 5.92 Å². The zero-order valence-electron chi connectivity index (χ0n) is 10.4. The highest BCUT2D eigenvalue weighted by Crippen LogP contribution is 2.21. The van der Waals surface area contributed by atoms with Crippen LogP contribution in [0.1, 0.15) is 29.6 Å². The Morgan fingerprint density at radius 3 is 3.06 bits per heavy atom. The minimum atomic E-state index is 0.0774. The molecule has 1 unspecified atom stereocenters. The molecule has 0 spiro atoms. The number of likely N-dealkylation sites (tertiary alicyclic amines) is 1. The summed E-state index contributed by atoms with van der Waals surface area (Å²) in [6.07, 6.45) is 2.92. The van der Waals surface area contributed by atoms with Crippen LogP contribution in [0.2, 0.25) is 0 Å². The van der Waals surface area contributed by atoms with E-state index in [9.17, 15) is 4.79 Å². The van der Waals surface area contributed by atoms with Crippen LogP contribution >= 0.6 is 12.6 Å². The minimum Gasteiger partial charge on any atom is -0.396 e. The van der Waals surface area contributed by atoms with Gasteiger partial charge in [0.2, 0.25) is 0 Å². The lowest BCUT2D eigenvalue weighted by Crippen LogP contribution is -2.40. The molecule has 1 atom stereocenters. The lowest BCUT2D eigenvalue weighted by atomic mass is 9.94. The Balaban J connectivity index is 2.04. The molecule has 1 fully saturated rings. The van der Waals surface area contributed by atoms with Crippen molar-refractivity contribution < 1.29 is 9.90 Å². The summed E-state index contributed by atoms with van der Waals surface area (Å²) in [5.74, 6) is 0.514. The minimum absolute atomic E-state index is 0.0774. The van der Waals surface area contributed by atoms with Gasteiger partial charge in [0.15, 0.2) is 0 Å². The molecular formula is C14H19NO2S. The van der Waals surface area contributed by atoms with Crippen molar-refractivity contribution in [3.63, 3.8) is 0 Å². The molecule has 0 bridgehead atoms. The Morgan fingerprint density at radius 2 is 2.33 bits per heavy atom. The molecule has 2 rings (SSSR count). The smallest absolute Gasteiger partial charge is 0.253 e. The van der Waals surface area contributed by atoms with Gasteiger partial charge in [-0.3, -0.25) is 4.79 Å². The molecule has 0 saturated carbocycles. The Hall–Kier alpha value is -1.00. The van der Waals surface area contributed by atoms with E-state index in [1.54, 1.807) is 6.07 Å². The largest absolute Gasteiger partial charge is 0.396 e. The number of rotatable bonds is 3. The zero-order chi connectivity index (χ0) is 13.0. The number of nitrogens with zero attached hydrogens (tertiary/aromatic N) is 1. The number of hydrogen-bond acceptors (Lipinski definition) is 3. The van der Waals surface area contributed by atoms with Gasteiger partial charge in [0, 0.05) is 30.2 Å². The van der Waals surface area contributed by atoms with Crippen molar-refractivity contribution in [1.29, 1.82) is 0 Å². The molecule has 1 aromatic carbocycles. The van der Waals surface area contributed by atoms with Gasteiger partial charge in [-0.05, 0) is 43.4 Å². The van der Waals surface area contributed by atoms with Gasteiger partial charge < -0.3 is 10.0 Å². The van der Waals surface area contributed by atoms with Gasteiger partial charge in [-0.25, -0.2) is 0 Å². The second-order valence-electron chi connectivity index (χ2n) is 4.82. The van der Waals surface area contributed by atoms with E-state index in [-0.39, 0.29) is 12.5 Å². The molecule has 1 aliphatic heterocycles. The van der Waals surface area contributed by atoms with Gasteiger partial charge in [0.05, 0.1) is 0 Å². The van der Waals surface area contributed by atoms with Crippen molar-refractivity contribution in [2.75, 3.05) is 19.7 Å². The molecule has 1 amide bonds. The van der Waals surface area contributed by atoms with E-state index in [0.717, 1.165) is 37.2 Å². The predicted octanol–water partition coefficient (Wildman–Crippen LogP) is 2.21. The molecule has 1 heterocycles. The van der Waals surface area contributed by atoms with Crippen LogP contribution in [-0.4, -0.2) is 35.6 Å². The van der Waals surface area contributed by atoms with E-state index in [1.807, 2.05) is 23.1 Å². The maximum Gasteiger partial charge on any atom is 0.253 e. The third-order valence-electron chi connectivity index (χ3n) is 3.44. The Kier molecular flexibility index (Phi) is 4.66. The number of benzene rings is 1. The lowest BCUT2D eigenvalue weighted by molar-refractivity contribution is 0.0653. The van der Waals surface area contributed by atoms with Gasteiger partial charge in [0.1, 0.15) is 0 Å². The van der Waals surface area contributed by atoms with Crippen LogP contribution < -0.4 is 0 Å². The maximum absolute atomic E-state index is 12.3. The summed E-state index contributed by atoms with van der Waals surface area (Å²) in [6, 6.07) is 7.36. The van der Waals surface area contributed by atoms with E-state index in [1.165, 1.54) is 0 Å². The van der Waals surface area contributed by atoms with E-state index in [4.69, 9.17) is 5.11 Å². The number of hydrogen-bond donors (Lipinski definition) is 2. The highest BCUT2D eigenvalue weighted by molar-refractivity contribution is 7.80. The first-order valence-electron chi connectivity index (χ1n) is 6.40. The quantitative estimate of drug-likeness (QED) is 0.823. The van der Waals surface area contributed by atoms with Crippen LogP contribution in [0.4, 0.5) is 0 Å². The monoisotopic (exact) mass is 265 g/mol. The first-order valence-corrected chi connectivity index (χ1v) is 6.84. The molecule has 1 aliphatic rings. The fraction of sp³-hybridized carbons (Fsp3) is 0.500. The van der Waals surface area contributed by atoms with Crippen LogP contribution in [0.15, 0.2) is 29.2 Å². The fourth-order valence-corrected chi connectivity index (χ4v) is 2.71. The number of piperidine rings is 1. The summed E-state index contributed by atoms with van der Waals surface area (Å²) in [5, 5.41) is 8.98. The third kappa shape index (κ3) is 3.27. The number of thiol groups is 1. The summed E-state index contributed by atoms with van der Waals surface area (Å²) in [5.41, 5.74) is 0.701. The fourth-order valence-electron chi connectivity index (χ4n) is 2.49. The van der Waals surface area contributed by atoms with Crippen molar-refractivity contribution in [3.8, 4) is 0 Å². The lowest BCUT2D eigenvalue weighted by Gasteiger charge is -2.32. The predicted molar refractivity (Wildman–Crippen MR) is 74.0 cm³/mol. The Morgan fingerprint density at radius 1 is 1.50 bits per heavy atom. The molecule has 3 nitrogen and oxygen atoms in total. The van der Waals surface area contributed by atoms with Gasteiger partial charge in [-0.15, -0.1) is 12.6 Å². The van der Waals surface area contributed by atoms with Crippen LogP contribution in [0.5, 0.6) is 0 Å². The summed E-state index contributed by atoms with van der Waals surface area (Å²) < 4.78 is 0.